The summed E-state index contributed by atoms with van der Waals surface area (Å²) in [5.74, 6) is -0.212. The first-order valence-electron chi connectivity index (χ1n) is 9.82. The maximum Gasteiger partial charge on any atom is 0.254 e. The van der Waals surface area contributed by atoms with Crippen LogP contribution in [0.1, 0.15) is 36.6 Å². The van der Waals surface area contributed by atoms with Crippen molar-refractivity contribution < 1.29 is 14.4 Å². The Morgan fingerprint density at radius 3 is 1.53 bits per heavy atom. The van der Waals surface area contributed by atoms with E-state index >= 15 is 0 Å². The average molecular weight is 399 g/mol. The number of nitrogens with zero attached hydrogens (tertiary/aromatic N) is 3. The summed E-state index contributed by atoms with van der Waals surface area (Å²) in [5, 5.41) is 0. The second-order valence-electron chi connectivity index (χ2n) is 7.09. The van der Waals surface area contributed by atoms with E-state index in [1.807, 2.05) is 18.2 Å². The van der Waals surface area contributed by atoms with E-state index in [0.717, 1.165) is 0 Å². The van der Waals surface area contributed by atoms with Gasteiger partial charge in [0.1, 0.15) is 0 Å². The second kappa shape index (κ2) is 8.69. The molecule has 0 bridgehead atoms. The fraction of sp³-hybridized carbons (Fsp3) is 0.167. The normalized spacial score (nSPS) is 13.7. The zero-order chi connectivity index (χ0) is 20.9. The first-order valence-corrected chi connectivity index (χ1v) is 9.82. The van der Waals surface area contributed by atoms with Gasteiger partial charge >= 0.3 is 0 Å². The molecule has 2 aromatic carbocycles. The lowest BCUT2D eigenvalue weighted by atomic mass is 10.0. The molecule has 2 heterocycles. The minimum absolute atomic E-state index is 0.0479. The van der Waals surface area contributed by atoms with Crippen molar-refractivity contribution in [1.29, 1.82) is 0 Å². The summed E-state index contributed by atoms with van der Waals surface area (Å²) >= 11 is 0. The first-order chi connectivity index (χ1) is 14.6. The Morgan fingerprint density at radius 2 is 1.00 bits per heavy atom. The van der Waals surface area contributed by atoms with E-state index in [2.05, 4.69) is 4.98 Å². The number of aromatic nitrogens is 1. The quantitative estimate of drug-likeness (QED) is 0.633. The summed E-state index contributed by atoms with van der Waals surface area (Å²) in [5.41, 5.74) is 2.30. The molecule has 30 heavy (non-hydrogen) atoms. The van der Waals surface area contributed by atoms with Crippen LogP contribution in [0.15, 0.2) is 79.1 Å². The van der Waals surface area contributed by atoms with Crippen LogP contribution in [0.3, 0.4) is 0 Å². The van der Waals surface area contributed by atoms with Gasteiger partial charge in [-0.15, -0.1) is 0 Å². The molecule has 1 aromatic heterocycles. The van der Waals surface area contributed by atoms with Crippen molar-refractivity contribution in [3.05, 3.63) is 101 Å². The van der Waals surface area contributed by atoms with E-state index in [1.54, 1.807) is 70.7 Å². The third-order valence-corrected chi connectivity index (χ3v) is 5.21. The molecular formula is C24H21N3O3. The molecule has 0 saturated carbocycles. The molecule has 0 aliphatic carbocycles. The molecule has 0 N–H and O–H groups in total. The zero-order valence-corrected chi connectivity index (χ0v) is 16.4. The van der Waals surface area contributed by atoms with Crippen molar-refractivity contribution in [3.63, 3.8) is 0 Å². The molecule has 6 heteroatoms. The first kappa shape index (κ1) is 19.5. The predicted molar refractivity (Wildman–Crippen MR) is 112 cm³/mol. The molecule has 1 aliphatic rings. The lowest BCUT2D eigenvalue weighted by Gasteiger charge is -2.34. The van der Waals surface area contributed by atoms with E-state index in [1.165, 1.54) is 0 Å². The molecule has 4 rings (SSSR count). The molecular weight excluding hydrogens is 378 g/mol. The summed E-state index contributed by atoms with van der Waals surface area (Å²) in [6.07, 6.45) is 3.19. The highest BCUT2D eigenvalue weighted by Gasteiger charge is 2.25. The van der Waals surface area contributed by atoms with Crippen LogP contribution >= 0.6 is 0 Å². The van der Waals surface area contributed by atoms with E-state index in [9.17, 15) is 14.4 Å². The van der Waals surface area contributed by atoms with E-state index in [0.29, 0.717) is 48.4 Å². The van der Waals surface area contributed by atoms with Crippen molar-refractivity contribution in [2.45, 2.75) is 0 Å². The summed E-state index contributed by atoms with van der Waals surface area (Å²) in [6.45, 7) is 1.91. The standard InChI is InChI=1S/C24H21N3O3/c28-22(18-4-2-1-3-5-18)19-6-8-20(9-7-19)23(29)26-14-16-27(17-15-26)24(30)21-10-12-25-13-11-21/h1-13H,14-17H2. The van der Waals surface area contributed by atoms with Crippen molar-refractivity contribution in [3.8, 4) is 0 Å². The third kappa shape index (κ3) is 4.12. The number of carbonyl (C=O) groups is 3. The number of ketones is 1. The van der Waals surface area contributed by atoms with Crippen LogP contribution < -0.4 is 0 Å². The lowest BCUT2D eigenvalue weighted by molar-refractivity contribution is 0.0535. The van der Waals surface area contributed by atoms with Crippen LogP contribution in [-0.2, 0) is 0 Å². The van der Waals surface area contributed by atoms with Gasteiger partial charge in [-0.1, -0.05) is 42.5 Å². The summed E-state index contributed by atoms with van der Waals surface area (Å²) < 4.78 is 0. The van der Waals surface area contributed by atoms with E-state index in [-0.39, 0.29) is 17.6 Å². The second-order valence-corrected chi connectivity index (χ2v) is 7.09. The van der Waals surface area contributed by atoms with Crippen molar-refractivity contribution in [2.24, 2.45) is 0 Å². The predicted octanol–water partition coefficient (Wildman–Crippen LogP) is 2.91. The number of piperazine rings is 1. The maximum absolute atomic E-state index is 12.8. The summed E-state index contributed by atoms with van der Waals surface area (Å²) in [4.78, 5) is 45.3. The summed E-state index contributed by atoms with van der Waals surface area (Å²) in [6, 6.07) is 19.2. The number of benzene rings is 2. The number of amides is 2. The van der Waals surface area contributed by atoms with Crippen LogP contribution in [0, 0.1) is 0 Å². The number of hydrogen-bond donors (Lipinski definition) is 0. The maximum atomic E-state index is 12.8. The molecule has 0 spiro atoms. The Bertz CT molecular complexity index is 1040. The molecule has 1 aliphatic heterocycles. The van der Waals surface area contributed by atoms with Gasteiger partial charge in [0.15, 0.2) is 5.78 Å². The molecule has 1 fully saturated rings. The van der Waals surface area contributed by atoms with Gasteiger partial charge in [0.25, 0.3) is 11.8 Å². The van der Waals surface area contributed by atoms with Gasteiger partial charge in [0.2, 0.25) is 0 Å². The monoisotopic (exact) mass is 399 g/mol. The number of carbonyl (C=O) groups excluding carboxylic acids is 3. The Morgan fingerprint density at radius 1 is 0.567 bits per heavy atom. The largest absolute Gasteiger partial charge is 0.335 e. The molecule has 6 nitrogen and oxygen atoms in total. The van der Waals surface area contributed by atoms with Crippen LogP contribution in [0.5, 0.6) is 0 Å². The molecule has 0 atom stereocenters. The molecule has 0 radical (unpaired) electrons. The van der Waals surface area contributed by atoms with Crippen LogP contribution in [0.4, 0.5) is 0 Å². The SMILES string of the molecule is O=C(c1ccccc1)c1ccc(C(=O)N2CCN(C(=O)c3ccncc3)CC2)cc1. The molecule has 1 saturated heterocycles. The van der Waals surface area contributed by atoms with Crippen molar-refractivity contribution >= 4 is 17.6 Å². The molecule has 2 amide bonds. The summed E-state index contributed by atoms with van der Waals surface area (Å²) in [7, 11) is 0. The lowest BCUT2D eigenvalue weighted by Crippen LogP contribution is -2.50. The minimum Gasteiger partial charge on any atom is -0.335 e. The average Bonchev–Trinajstić information content (AvgIpc) is 2.84. The number of rotatable bonds is 4. The van der Waals surface area contributed by atoms with Gasteiger partial charge in [-0.2, -0.15) is 0 Å². The smallest absolute Gasteiger partial charge is 0.254 e. The Labute approximate surface area is 174 Å². The zero-order valence-electron chi connectivity index (χ0n) is 16.4. The highest BCUT2D eigenvalue weighted by atomic mass is 16.2. The van der Waals surface area contributed by atoms with Gasteiger partial charge < -0.3 is 9.80 Å². The highest BCUT2D eigenvalue weighted by Crippen LogP contribution is 2.15. The number of pyridine rings is 1. The van der Waals surface area contributed by atoms with Crippen molar-refractivity contribution in [2.75, 3.05) is 26.2 Å². The molecule has 0 unspecified atom stereocenters. The fourth-order valence-corrected chi connectivity index (χ4v) is 3.49. The fourth-order valence-electron chi connectivity index (χ4n) is 3.49. The number of hydrogen-bond acceptors (Lipinski definition) is 4. The third-order valence-electron chi connectivity index (χ3n) is 5.21. The van der Waals surface area contributed by atoms with Crippen LogP contribution in [0.2, 0.25) is 0 Å². The van der Waals surface area contributed by atoms with Crippen LogP contribution in [0.25, 0.3) is 0 Å². The van der Waals surface area contributed by atoms with Gasteiger partial charge in [-0.05, 0) is 24.3 Å². The van der Waals surface area contributed by atoms with E-state index < -0.39 is 0 Å². The van der Waals surface area contributed by atoms with Gasteiger partial charge in [-0.3, -0.25) is 19.4 Å². The highest BCUT2D eigenvalue weighted by molar-refractivity contribution is 6.09. The van der Waals surface area contributed by atoms with Gasteiger partial charge in [-0.25, -0.2) is 0 Å². The van der Waals surface area contributed by atoms with Crippen LogP contribution in [-0.4, -0.2) is 58.6 Å². The Kier molecular flexibility index (Phi) is 5.66. The minimum atomic E-state index is -0.0929. The Balaban J connectivity index is 1.37. The van der Waals surface area contributed by atoms with Gasteiger partial charge in [0, 0.05) is 60.8 Å². The molecule has 150 valence electrons. The van der Waals surface area contributed by atoms with E-state index in [4.69, 9.17) is 0 Å². The topological polar surface area (TPSA) is 70.6 Å². The van der Waals surface area contributed by atoms with Gasteiger partial charge in [0.05, 0.1) is 0 Å². The Hall–Kier alpha value is -3.80. The molecule has 3 aromatic rings. The van der Waals surface area contributed by atoms with Crippen molar-refractivity contribution in [1.82, 2.24) is 14.8 Å².